The molecule has 174 valence electrons. The number of hydrogen-bond donors (Lipinski definition) is 2. The van der Waals surface area contributed by atoms with E-state index in [1.54, 1.807) is 11.8 Å². The molecule has 4 heterocycles. The Morgan fingerprint density at radius 1 is 1.12 bits per heavy atom. The number of ether oxygens (including phenoxy) is 2. The minimum atomic E-state index is -0.891. The third-order valence-corrected chi connectivity index (χ3v) is 7.98. The lowest BCUT2D eigenvalue weighted by molar-refractivity contribution is -0.116. The molecule has 4 atom stereocenters. The average molecular weight is 451 g/mol. The molecule has 1 unspecified atom stereocenters. The van der Waals surface area contributed by atoms with Gasteiger partial charge in [-0.1, -0.05) is 18.2 Å². The first-order valence-corrected chi connectivity index (χ1v) is 11.9. The van der Waals surface area contributed by atoms with Crippen molar-refractivity contribution in [2.24, 2.45) is 0 Å². The number of aliphatic hydroxyl groups is 2. The number of nitrogens with zero attached hydrogens (tertiary/aromatic N) is 2. The van der Waals surface area contributed by atoms with Crippen molar-refractivity contribution in [3.8, 4) is 11.5 Å². The van der Waals surface area contributed by atoms with Gasteiger partial charge in [0.15, 0.2) is 11.5 Å². The number of benzene rings is 2. The molecule has 2 aromatic carbocycles. The van der Waals surface area contributed by atoms with E-state index in [1.165, 1.54) is 0 Å². The Balaban J connectivity index is 1.17. The van der Waals surface area contributed by atoms with E-state index in [9.17, 15) is 15.0 Å². The normalized spacial score (nSPS) is 28.8. The Hall–Kier alpha value is -2.61. The van der Waals surface area contributed by atoms with Crippen LogP contribution in [0.3, 0.4) is 0 Å². The van der Waals surface area contributed by atoms with Gasteiger partial charge in [-0.05, 0) is 67.0 Å². The number of fused-ring (bicyclic) bond motifs is 4. The standard InChI is InChI=1S/C26H30N2O5/c1-16(29)27-9-8-17-10-18(2-6-22(17)27)23(30)14-28-20-4-5-21(28)13-26(31,12-20)19-3-7-24-25(11-19)33-15-32-24/h2-3,6-7,10-11,20-21,23,30-31H,4-5,8-9,12-15H2,1H3/t20-,21+,23-,26?/m0/s1. The largest absolute Gasteiger partial charge is 0.454 e. The molecule has 0 radical (unpaired) electrons. The molecule has 7 heteroatoms. The Morgan fingerprint density at radius 3 is 2.64 bits per heavy atom. The van der Waals surface area contributed by atoms with Crippen LogP contribution in [0.15, 0.2) is 36.4 Å². The first kappa shape index (κ1) is 21.0. The summed E-state index contributed by atoms with van der Waals surface area (Å²) in [5.74, 6) is 1.49. The second-order valence-electron chi connectivity index (χ2n) is 9.91. The van der Waals surface area contributed by atoms with Gasteiger partial charge in [0.05, 0.1) is 11.7 Å². The molecule has 2 aromatic rings. The summed E-state index contributed by atoms with van der Waals surface area (Å²) >= 11 is 0. The van der Waals surface area contributed by atoms with Gasteiger partial charge in [-0.15, -0.1) is 0 Å². The summed E-state index contributed by atoms with van der Waals surface area (Å²) in [4.78, 5) is 16.0. The molecule has 4 aliphatic rings. The maximum atomic E-state index is 11.8. The number of amides is 1. The molecule has 2 saturated heterocycles. The number of anilines is 1. The van der Waals surface area contributed by atoms with Gasteiger partial charge < -0.3 is 24.6 Å². The van der Waals surface area contributed by atoms with Crippen molar-refractivity contribution in [1.82, 2.24) is 4.90 Å². The van der Waals surface area contributed by atoms with Crippen LogP contribution >= 0.6 is 0 Å². The van der Waals surface area contributed by atoms with Crippen LogP contribution in [-0.2, 0) is 16.8 Å². The highest BCUT2D eigenvalue weighted by atomic mass is 16.7. The van der Waals surface area contributed by atoms with Crippen LogP contribution in [0, 0.1) is 0 Å². The molecule has 4 aliphatic heterocycles. The van der Waals surface area contributed by atoms with Crippen molar-refractivity contribution in [2.75, 3.05) is 24.8 Å². The van der Waals surface area contributed by atoms with E-state index in [0.717, 1.165) is 47.4 Å². The minimum Gasteiger partial charge on any atom is -0.454 e. The van der Waals surface area contributed by atoms with Crippen LogP contribution in [0.2, 0.25) is 0 Å². The van der Waals surface area contributed by atoms with Gasteiger partial charge in [0.25, 0.3) is 0 Å². The number of piperidine rings is 1. The average Bonchev–Trinajstić information content (AvgIpc) is 3.49. The molecule has 0 saturated carbocycles. The Morgan fingerprint density at radius 2 is 1.88 bits per heavy atom. The second kappa shape index (κ2) is 7.72. The van der Waals surface area contributed by atoms with E-state index in [0.29, 0.717) is 31.7 Å². The number of carbonyl (C=O) groups excluding carboxylic acids is 1. The van der Waals surface area contributed by atoms with Crippen LogP contribution in [0.5, 0.6) is 11.5 Å². The number of aliphatic hydroxyl groups excluding tert-OH is 1. The number of carbonyl (C=O) groups is 1. The van der Waals surface area contributed by atoms with Crippen molar-refractivity contribution in [1.29, 1.82) is 0 Å². The first-order chi connectivity index (χ1) is 15.9. The van der Waals surface area contributed by atoms with Crippen molar-refractivity contribution >= 4 is 11.6 Å². The lowest BCUT2D eigenvalue weighted by Crippen LogP contribution is -2.50. The highest BCUT2D eigenvalue weighted by molar-refractivity contribution is 5.93. The van der Waals surface area contributed by atoms with E-state index in [-0.39, 0.29) is 24.8 Å². The predicted octanol–water partition coefficient (Wildman–Crippen LogP) is 2.87. The van der Waals surface area contributed by atoms with E-state index in [1.807, 2.05) is 30.3 Å². The number of hydrogen-bond acceptors (Lipinski definition) is 6. The fourth-order valence-corrected chi connectivity index (χ4v) is 6.30. The van der Waals surface area contributed by atoms with E-state index < -0.39 is 11.7 Å². The predicted molar refractivity (Wildman–Crippen MR) is 122 cm³/mol. The number of rotatable bonds is 4. The topological polar surface area (TPSA) is 82.5 Å². The van der Waals surface area contributed by atoms with Gasteiger partial charge in [0.2, 0.25) is 12.7 Å². The summed E-state index contributed by atoms with van der Waals surface area (Å²) in [6, 6.07) is 12.2. The van der Waals surface area contributed by atoms with Crippen LogP contribution in [0.1, 0.15) is 55.4 Å². The zero-order chi connectivity index (χ0) is 22.7. The fraction of sp³-hybridized carbons (Fsp3) is 0.500. The van der Waals surface area contributed by atoms with Crippen molar-refractivity contribution in [2.45, 2.75) is 62.8 Å². The Kier molecular flexibility index (Phi) is 4.90. The molecule has 0 aliphatic carbocycles. The van der Waals surface area contributed by atoms with Gasteiger partial charge in [0.1, 0.15) is 0 Å². The molecule has 0 spiro atoms. The third-order valence-electron chi connectivity index (χ3n) is 7.98. The summed E-state index contributed by atoms with van der Waals surface area (Å²) in [5.41, 5.74) is 2.98. The first-order valence-electron chi connectivity index (χ1n) is 11.9. The van der Waals surface area contributed by atoms with Crippen LogP contribution in [-0.4, -0.2) is 53.0 Å². The molecular formula is C26H30N2O5. The van der Waals surface area contributed by atoms with Gasteiger partial charge >= 0.3 is 0 Å². The van der Waals surface area contributed by atoms with Gasteiger partial charge in [-0.2, -0.15) is 0 Å². The molecule has 2 fully saturated rings. The Bertz CT molecular complexity index is 1090. The quantitative estimate of drug-likeness (QED) is 0.746. The summed E-state index contributed by atoms with van der Waals surface area (Å²) in [6.07, 6.45) is 3.58. The lowest BCUT2D eigenvalue weighted by atomic mass is 9.80. The monoisotopic (exact) mass is 450 g/mol. The highest BCUT2D eigenvalue weighted by Crippen LogP contribution is 2.48. The van der Waals surface area contributed by atoms with E-state index in [4.69, 9.17) is 9.47 Å². The lowest BCUT2D eigenvalue weighted by Gasteiger charge is -2.44. The van der Waals surface area contributed by atoms with E-state index in [2.05, 4.69) is 11.0 Å². The van der Waals surface area contributed by atoms with Crippen LogP contribution < -0.4 is 14.4 Å². The zero-order valence-electron chi connectivity index (χ0n) is 18.9. The molecule has 2 bridgehead atoms. The molecule has 7 nitrogen and oxygen atoms in total. The zero-order valence-corrected chi connectivity index (χ0v) is 18.9. The summed E-state index contributed by atoms with van der Waals surface area (Å²) in [7, 11) is 0. The SMILES string of the molecule is CC(=O)N1CCc2cc([C@@H](O)CN3[C@@H]4CC[C@H]3CC(O)(c3ccc5c(c3)OCO5)C4)ccc21. The van der Waals surface area contributed by atoms with E-state index >= 15 is 0 Å². The third kappa shape index (κ3) is 3.50. The van der Waals surface area contributed by atoms with Crippen LogP contribution in [0.4, 0.5) is 5.69 Å². The smallest absolute Gasteiger partial charge is 0.231 e. The second-order valence-corrected chi connectivity index (χ2v) is 9.91. The molecule has 0 aromatic heterocycles. The van der Waals surface area contributed by atoms with Crippen molar-refractivity contribution < 1.29 is 24.5 Å². The maximum absolute atomic E-state index is 11.8. The van der Waals surface area contributed by atoms with Gasteiger partial charge in [0, 0.05) is 37.8 Å². The summed E-state index contributed by atoms with van der Waals surface area (Å²) < 4.78 is 10.9. The maximum Gasteiger partial charge on any atom is 0.231 e. The van der Waals surface area contributed by atoms with Gasteiger partial charge in [-0.25, -0.2) is 0 Å². The fourth-order valence-electron chi connectivity index (χ4n) is 6.30. The summed E-state index contributed by atoms with van der Waals surface area (Å²) in [5, 5.41) is 22.7. The molecule has 1 amide bonds. The van der Waals surface area contributed by atoms with Crippen molar-refractivity contribution in [3.05, 3.63) is 53.1 Å². The molecular weight excluding hydrogens is 420 g/mol. The van der Waals surface area contributed by atoms with Crippen LogP contribution in [0.25, 0.3) is 0 Å². The minimum absolute atomic E-state index is 0.0573. The van der Waals surface area contributed by atoms with Crippen molar-refractivity contribution in [3.63, 3.8) is 0 Å². The summed E-state index contributed by atoms with van der Waals surface area (Å²) in [6.45, 7) is 3.08. The molecule has 6 rings (SSSR count). The highest BCUT2D eigenvalue weighted by Gasteiger charge is 2.49. The molecule has 33 heavy (non-hydrogen) atoms. The Labute approximate surface area is 193 Å². The van der Waals surface area contributed by atoms with Gasteiger partial charge in [-0.3, -0.25) is 9.69 Å². The molecule has 2 N–H and O–H groups in total.